The topological polar surface area (TPSA) is 17.8 Å². The highest BCUT2D eigenvalue weighted by atomic mass is 35.5. The van der Waals surface area contributed by atoms with E-state index in [0.29, 0.717) is 0 Å². The first kappa shape index (κ1) is 20.9. The van der Waals surface area contributed by atoms with Crippen LogP contribution in [0.25, 0.3) is 0 Å². The third-order valence-corrected chi connectivity index (χ3v) is 6.68. The number of benzene rings is 2. The van der Waals surface area contributed by atoms with Crippen LogP contribution in [0.2, 0.25) is 5.02 Å². The van der Waals surface area contributed by atoms with E-state index in [-0.39, 0.29) is 10.6 Å². The molecular weight excluding hydrogens is 391 g/mol. The Labute approximate surface area is 176 Å². The van der Waals surface area contributed by atoms with Gasteiger partial charge >= 0.3 is 0 Å². The van der Waals surface area contributed by atoms with Gasteiger partial charge in [-0.15, -0.1) is 11.8 Å². The zero-order valence-electron chi connectivity index (χ0n) is 16.2. The second kappa shape index (κ2) is 10.1. The second-order valence-corrected chi connectivity index (χ2v) is 9.18. The van der Waals surface area contributed by atoms with Gasteiger partial charge in [0.1, 0.15) is 5.82 Å². The molecule has 3 rings (SSSR count). The minimum Gasteiger partial charge on any atom is -0.336 e. The Bertz CT molecular complexity index is 834. The lowest BCUT2D eigenvalue weighted by Gasteiger charge is -2.34. The Kier molecular flexibility index (Phi) is 7.57. The summed E-state index contributed by atoms with van der Waals surface area (Å²) in [6, 6.07) is 15.0. The van der Waals surface area contributed by atoms with Gasteiger partial charge in [0.15, 0.2) is 0 Å². The van der Waals surface area contributed by atoms with Gasteiger partial charge in [-0.3, -0.25) is 0 Å². The average molecular weight is 417 g/mol. The molecule has 0 N–H and O–H groups in total. The first-order valence-corrected chi connectivity index (χ1v) is 10.9. The van der Waals surface area contributed by atoms with Crippen LogP contribution in [0.3, 0.4) is 0 Å². The summed E-state index contributed by atoms with van der Waals surface area (Å²) in [5, 5.41) is 0.764. The third-order valence-electron chi connectivity index (χ3n) is 4.95. The summed E-state index contributed by atoms with van der Waals surface area (Å²) in [6.07, 6.45) is 11.1. The molecule has 0 amide bonds. The summed E-state index contributed by atoms with van der Waals surface area (Å²) in [6.45, 7) is 3.10. The largest absolute Gasteiger partial charge is 0.336 e. The summed E-state index contributed by atoms with van der Waals surface area (Å²) in [5.74, 6) is -0.195. The normalized spacial score (nSPS) is 13.4. The molecule has 2 aromatic carbocycles. The summed E-state index contributed by atoms with van der Waals surface area (Å²) >= 11 is 7.90. The number of imidazole rings is 1. The highest BCUT2D eigenvalue weighted by Gasteiger charge is 2.31. The van der Waals surface area contributed by atoms with Gasteiger partial charge < -0.3 is 4.57 Å². The third kappa shape index (κ3) is 6.11. The van der Waals surface area contributed by atoms with E-state index in [9.17, 15) is 4.39 Å². The van der Waals surface area contributed by atoms with Gasteiger partial charge in [0.25, 0.3) is 0 Å². The van der Waals surface area contributed by atoms with Gasteiger partial charge in [-0.2, -0.15) is 0 Å². The molecule has 2 nitrogen and oxygen atoms in total. The fourth-order valence-electron chi connectivity index (χ4n) is 3.41. The average Bonchev–Trinajstić information content (AvgIpc) is 3.20. The number of hydrogen-bond acceptors (Lipinski definition) is 2. The van der Waals surface area contributed by atoms with Gasteiger partial charge in [0.2, 0.25) is 0 Å². The molecule has 148 valence electrons. The quantitative estimate of drug-likeness (QED) is 0.330. The summed E-state index contributed by atoms with van der Waals surface area (Å²) in [4.78, 5) is 5.33. The van der Waals surface area contributed by atoms with Crippen LogP contribution in [-0.4, -0.2) is 14.3 Å². The number of hydrogen-bond donors (Lipinski definition) is 0. The van der Waals surface area contributed by atoms with Crippen molar-refractivity contribution in [2.24, 2.45) is 0 Å². The van der Waals surface area contributed by atoms with Gasteiger partial charge in [0.05, 0.1) is 6.33 Å². The first-order chi connectivity index (χ1) is 13.6. The van der Waals surface area contributed by atoms with Crippen molar-refractivity contribution in [1.29, 1.82) is 0 Å². The van der Waals surface area contributed by atoms with Crippen molar-refractivity contribution in [3.05, 3.63) is 83.7 Å². The van der Waals surface area contributed by atoms with Crippen LogP contribution in [0.5, 0.6) is 0 Å². The van der Waals surface area contributed by atoms with E-state index < -0.39 is 0 Å². The Morgan fingerprint density at radius 3 is 2.46 bits per heavy atom. The number of thioether (sulfide) groups is 1. The van der Waals surface area contributed by atoms with Crippen molar-refractivity contribution < 1.29 is 4.39 Å². The van der Waals surface area contributed by atoms with Crippen LogP contribution >= 0.6 is 23.4 Å². The number of aryl methyl sites for hydroxylation is 1. The Hall–Kier alpha value is -1.78. The first-order valence-electron chi connectivity index (χ1n) is 9.73. The zero-order chi connectivity index (χ0) is 19.8. The molecule has 0 radical (unpaired) electrons. The molecule has 0 saturated heterocycles. The molecule has 3 aromatic rings. The fourth-order valence-corrected chi connectivity index (χ4v) is 4.97. The van der Waals surface area contributed by atoms with E-state index in [0.717, 1.165) is 48.6 Å². The maximum absolute atomic E-state index is 13.4. The van der Waals surface area contributed by atoms with Crippen LogP contribution < -0.4 is 0 Å². The minimum absolute atomic E-state index is 0.00811. The van der Waals surface area contributed by atoms with Gasteiger partial charge in [-0.05, 0) is 61.2 Å². The molecule has 28 heavy (non-hydrogen) atoms. The Morgan fingerprint density at radius 2 is 1.82 bits per heavy atom. The number of halogens is 2. The molecular formula is C23H26ClFN2S. The molecule has 0 saturated carbocycles. The smallest absolute Gasteiger partial charge is 0.123 e. The molecule has 0 fully saturated rings. The van der Waals surface area contributed by atoms with Crippen LogP contribution in [0.1, 0.15) is 38.2 Å². The van der Waals surface area contributed by atoms with Gasteiger partial charge in [-0.1, -0.05) is 43.5 Å². The summed E-state index contributed by atoms with van der Waals surface area (Å²) in [7, 11) is 0. The molecule has 5 heteroatoms. The molecule has 0 spiro atoms. The summed E-state index contributed by atoms with van der Waals surface area (Å²) in [5.41, 5.74) is 1.29. The highest BCUT2D eigenvalue weighted by Crippen LogP contribution is 2.42. The van der Waals surface area contributed by atoms with E-state index in [4.69, 9.17) is 11.6 Å². The second-order valence-electron chi connectivity index (χ2n) is 7.20. The van der Waals surface area contributed by atoms with E-state index in [2.05, 4.69) is 28.6 Å². The maximum Gasteiger partial charge on any atom is 0.123 e. The van der Waals surface area contributed by atoms with E-state index in [1.807, 2.05) is 54.7 Å². The van der Waals surface area contributed by atoms with Crippen LogP contribution in [0.4, 0.5) is 4.39 Å². The Morgan fingerprint density at radius 1 is 1.07 bits per heavy atom. The van der Waals surface area contributed by atoms with Gasteiger partial charge in [0, 0.05) is 33.6 Å². The number of aromatic nitrogens is 2. The van der Waals surface area contributed by atoms with Gasteiger partial charge in [-0.25, -0.2) is 9.37 Å². The van der Waals surface area contributed by atoms with Crippen molar-refractivity contribution in [2.45, 2.75) is 55.2 Å². The predicted octanol–water partition coefficient (Wildman–Crippen LogP) is 7.03. The summed E-state index contributed by atoms with van der Waals surface area (Å²) < 4.78 is 15.6. The lowest BCUT2D eigenvalue weighted by atomic mass is 9.93. The molecule has 0 aliphatic carbocycles. The van der Waals surface area contributed by atoms with Crippen molar-refractivity contribution in [3.63, 3.8) is 0 Å². The van der Waals surface area contributed by atoms with Crippen LogP contribution in [0, 0.1) is 5.82 Å². The lowest BCUT2D eigenvalue weighted by molar-refractivity contribution is 0.421. The van der Waals surface area contributed by atoms with E-state index in [1.165, 1.54) is 5.56 Å². The van der Waals surface area contributed by atoms with Crippen molar-refractivity contribution in [1.82, 2.24) is 9.55 Å². The molecule has 0 bridgehead atoms. The number of nitrogens with zero attached hydrogens (tertiary/aromatic N) is 2. The minimum atomic E-state index is -0.195. The monoisotopic (exact) mass is 416 g/mol. The molecule has 0 aliphatic heterocycles. The molecule has 1 unspecified atom stereocenters. The van der Waals surface area contributed by atoms with Crippen LogP contribution in [0.15, 0.2) is 72.1 Å². The fraction of sp³-hybridized carbons (Fsp3) is 0.348. The van der Waals surface area contributed by atoms with Crippen molar-refractivity contribution in [3.8, 4) is 0 Å². The van der Waals surface area contributed by atoms with Crippen LogP contribution in [-0.2, 0) is 13.0 Å². The molecule has 1 atom stereocenters. The van der Waals surface area contributed by atoms with Crippen molar-refractivity contribution >= 4 is 23.4 Å². The maximum atomic E-state index is 13.4. The molecule has 1 aromatic heterocycles. The highest BCUT2D eigenvalue weighted by molar-refractivity contribution is 8.00. The molecule has 1 heterocycles. The van der Waals surface area contributed by atoms with E-state index >= 15 is 0 Å². The number of rotatable bonds is 10. The standard InChI is InChI=1S/C23H26ClFN2S/c1-2-3-13-23(17-27-16-15-26-18-27,28-22-10-8-21(25)9-11-22)14-12-19-4-6-20(24)7-5-19/h4-11,15-16,18H,2-3,12-14,17H2,1H3. The van der Waals surface area contributed by atoms with Crippen molar-refractivity contribution in [2.75, 3.05) is 0 Å². The lowest BCUT2D eigenvalue weighted by Crippen LogP contribution is -2.31. The number of unbranched alkanes of at least 4 members (excludes halogenated alkanes) is 1. The zero-order valence-corrected chi connectivity index (χ0v) is 17.7. The molecule has 0 aliphatic rings. The SMILES string of the molecule is CCCCC(CCc1ccc(Cl)cc1)(Cn1ccnc1)Sc1ccc(F)cc1. The van der Waals surface area contributed by atoms with E-state index in [1.54, 1.807) is 12.1 Å². The predicted molar refractivity (Wildman–Crippen MR) is 117 cm³/mol. The Balaban J connectivity index is 1.85.